The third-order valence-corrected chi connectivity index (χ3v) is 3.50. The van der Waals surface area contributed by atoms with Crippen molar-refractivity contribution < 1.29 is 9.50 Å². The van der Waals surface area contributed by atoms with Gasteiger partial charge in [-0.3, -0.25) is 0 Å². The first-order chi connectivity index (χ1) is 9.73. The Kier molecular flexibility index (Phi) is 4.49. The molecule has 0 saturated carbocycles. The Labute approximate surface area is 118 Å². The average molecular weight is 269 g/mol. The highest BCUT2D eigenvalue weighted by Gasteiger charge is 2.33. The number of aliphatic hydroxyl groups excluding tert-OH is 1. The van der Waals surface area contributed by atoms with Crippen LogP contribution in [0.5, 0.6) is 0 Å². The number of aliphatic hydroxyl groups is 1. The Morgan fingerprint density at radius 2 is 1.60 bits per heavy atom. The van der Waals surface area contributed by atoms with Crippen molar-refractivity contribution in [1.82, 2.24) is 0 Å². The Morgan fingerprint density at radius 3 is 2.15 bits per heavy atom. The second kappa shape index (κ2) is 6.31. The molecule has 0 aromatic heterocycles. The van der Waals surface area contributed by atoms with Gasteiger partial charge in [0.05, 0.1) is 6.07 Å². The summed E-state index contributed by atoms with van der Waals surface area (Å²) in [6.45, 7) is 0.0253. The number of hydrogen-bond donors (Lipinski definition) is 1. The zero-order chi connectivity index (χ0) is 14.4. The minimum Gasteiger partial charge on any atom is -0.396 e. The number of benzene rings is 2. The maximum Gasteiger partial charge on any atom is 0.123 e. The van der Waals surface area contributed by atoms with Gasteiger partial charge in [0.2, 0.25) is 0 Å². The van der Waals surface area contributed by atoms with E-state index in [0.29, 0.717) is 12.8 Å². The predicted octanol–water partition coefficient (Wildman–Crippen LogP) is 3.41. The van der Waals surface area contributed by atoms with Crippen LogP contribution >= 0.6 is 0 Å². The van der Waals surface area contributed by atoms with E-state index in [1.807, 2.05) is 30.3 Å². The van der Waals surface area contributed by atoms with Crippen molar-refractivity contribution in [3.8, 4) is 6.07 Å². The van der Waals surface area contributed by atoms with Crippen LogP contribution in [-0.4, -0.2) is 11.7 Å². The highest BCUT2D eigenvalue weighted by Crippen LogP contribution is 2.36. The lowest BCUT2D eigenvalue weighted by Gasteiger charge is -2.27. The van der Waals surface area contributed by atoms with Gasteiger partial charge in [-0.1, -0.05) is 42.5 Å². The molecule has 1 atom stereocenters. The molecule has 2 aromatic carbocycles. The second-order valence-electron chi connectivity index (χ2n) is 4.72. The van der Waals surface area contributed by atoms with Gasteiger partial charge >= 0.3 is 0 Å². The molecule has 0 spiro atoms. The summed E-state index contributed by atoms with van der Waals surface area (Å²) in [6.07, 6.45) is 1.01. The fraction of sp³-hybridized carbons (Fsp3) is 0.235. The van der Waals surface area contributed by atoms with Gasteiger partial charge in [0.15, 0.2) is 0 Å². The van der Waals surface area contributed by atoms with Crippen LogP contribution < -0.4 is 0 Å². The summed E-state index contributed by atoms with van der Waals surface area (Å²) in [5.41, 5.74) is 0.765. The Hall–Kier alpha value is -2.18. The summed E-state index contributed by atoms with van der Waals surface area (Å²) in [7, 11) is 0. The lowest BCUT2D eigenvalue weighted by molar-refractivity contribution is 0.276. The van der Waals surface area contributed by atoms with E-state index in [9.17, 15) is 9.65 Å². The van der Waals surface area contributed by atoms with E-state index in [2.05, 4.69) is 6.07 Å². The maximum absolute atomic E-state index is 13.1. The lowest BCUT2D eigenvalue weighted by atomic mass is 9.72. The van der Waals surface area contributed by atoms with E-state index >= 15 is 0 Å². The van der Waals surface area contributed by atoms with E-state index in [1.165, 1.54) is 12.1 Å². The summed E-state index contributed by atoms with van der Waals surface area (Å²) in [5, 5.41) is 18.8. The number of halogens is 1. The molecule has 0 radical (unpaired) electrons. The molecule has 0 aliphatic carbocycles. The van der Waals surface area contributed by atoms with Crippen LogP contribution in [0.4, 0.5) is 4.39 Å². The molecule has 0 bridgehead atoms. The van der Waals surface area contributed by atoms with Crippen molar-refractivity contribution in [2.45, 2.75) is 18.3 Å². The van der Waals surface area contributed by atoms with Crippen molar-refractivity contribution in [3.05, 3.63) is 71.5 Å². The molecule has 2 nitrogen and oxygen atoms in total. The molecule has 0 aliphatic heterocycles. The van der Waals surface area contributed by atoms with Crippen LogP contribution in [0, 0.1) is 17.1 Å². The fourth-order valence-corrected chi connectivity index (χ4v) is 2.44. The first-order valence-corrected chi connectivity index (χ1v) is 6.56. The number of nitrogens with zero attached hydrogens (tertiary/aromatic N) is 1. The summed E-state index contributed by atoms with van der Waals surface area (Å²) in [5.74, 6) is -0.323. The predicted molar refractivity (Wildman–Crippen MR) is 75.6 cm³/mol. The van der Waals surface area contributed by atoms with Gasteiger partial charge in [0.1, 0.15) is 11.2 Å². The molecule has 2 aromatic rings. The van der Waals surface area contributed by atoms with Crippen molar-refractivity contribution in [1.29, 1.82) is 5.26 Å². The molecule has 1 N–H and O–H groups in total. The molecule has 0 fully saturated rings. The smallest absolute Gasteiger partial charge is 0.123 e. The Balaban J connectivity index is 2.53. The molecular weight excluding hydrogens is 253 g/mol. The first-order valence-electron chi connectivity index (χ1n) is 6.56. The lowest BCUT2D eigenvalue weighted by Crippen LogP contribution is -2.26. The van der Waals surface area contributed by atoms with Crippen LogP contribution in [-0.2, 0) is 5.41 Å². The Bertz CT molecular complexity index is 589. The first kappa shape index (κ1) is 14.2. The number of rotatable bonds is 5. The van der Waals surface area contributed by atoms with E-state index in [1.54, 1.807) is 12.1 Å². The normalized spacial score (nSPS) is 13.4. The quantitative estimate of drug-likeness (QED) is 0.904. The van der Waals surface area contributed by atoms with Crippen molar-refractivity contribution in [2.24, 2.45) is 0 Å². The third-order valence-electron chi connectivity index (χ3n) is 3.50. The van der Waals surface area contributed by atoms with Gasteiger partial charge in [0, 0.05) is 6.61 Å². The topological polar surface area (TPSA) is 44.0 Å². The van der Waals surface area contributed by atoms with Crippen LogP contribution in [0.2, 0.25) is 0 Å². The molecule has 0 heterocycles. The minimum absolute atomic E-state index is 0.0253. The molecular formula is C17H16FNO. The molecule has 0 saturated heterocycles. The number of nitriles is 1. The van der Waals surface area contributed by atoms with E-state index in [-0.39, 0.29) is 12.4 Å². The molecule has 0 aliphatic rings. The van der Waals surface area contributed by atoms with Crippen LogP contribution in [0.15, 0.2) is 54.6 Å². The standard InChI is InChI=1S/C17H16FNO/c18-16-9-7-15(8-10-16)17(13-19,11-4-12-20)14-5-2-1-3-6-14/h1-3,5-10,20H,4,11-12H2. The zero-order valence-electron chi connectivity index (χ0n) is 11.1. The fourth-order valence-electron chi connectivity index (χ4n) is 2.44. The summed E-state index contributed by atoms with van der Waals surface area (Å²) in [4.78, 5) is 0. The van der Waals surface area contributed by atoms with Crippen LogP contribution in [0.3, 0.4) is 0 Å². The summed E-state index contributed by atoms with van der Waals surface area (Å²) >= 11 is 0. The molecule has 0 amide bonds. The molecule has 20 heavy (non-hydrogen) atoms. The van der Waals surface area contributed by atoms with Gasteiger partial charge in [0.25, 0.3) is 0 Å². The van der Waals surface area contributed by atoms with Gasteiger partial charge in [-0.25, -0.2) is 4.39 Å². The third kappa shape index (κ3) is 2.71. The number of hydrogen-bond acceptors (Lipinski definition) is 2. The van der Waals surface area contributed by atoms with Crippen molar-refractivity contribution in [3.63, 3.8) is 0 Å². The molecule has 3 heteroatoms. The monoisotopic (exact) mass is 269 g/mol. The van der Waals surface area contributed by atoms with E-state index in [4.69, 9.17) is 5.11 Å². The maximum atomic E-state index is 13.1. The highest BCUT2D eigenvalue weighted by molar-refractivity contribution is 5.45. The largest absolute Gasteiger partial charge is 0.396 e. The van der Waals surface area contributed by atoms with Gasteiger partial charge < -0.3 is 5.11 Å². The highest BCUT2D eigenvalue weighted by atomic mass is 19.1. The molecule has 1 unspecified atom stereocenters. The van der Waals surface area contributed by atoms with E-state index in [0.717, 1.165) is 11.1 Å². The van der Waals surface area contributed by atoms with Crippen molar-refractivity contribution in [2.75, 3.05) is 6.61 Å². The SMILES string of the molecule is N#CC(CCCO)(c1ccccc1)c1ccc(F)cc1. The minimum atomic E-state index is -0.850. The van der Waals surface area contributed by atoms with Crippen molar-refractivity contribution >= 4 is 0 Å². The van der Waals surface area contributed by atoms with E-state index < -0.39 is 5.41 Å². The zero-order valence-corrected chi connectivity index (χ0v) is 11.1. The second-order valence-corrected chi connectivity index (χ2v) is 4.72. The van der Waals surface area contributed by atoms with Gasteiger partial charge in [-0.05, 0) is 36.1 Å². The van der Waals surface area contributed by atoms with Crippen LogP contribution in [0.25, 0.3) is 0 Å². The summed E-state index contributed by atoms with van der Waals surface area (Å²) in [6, 6.07) is 17.8. The molecule has 102 valence electrons. The Morgan fingerprint density at radius 1 is 1.00 bits per heavy atom. The average Bonchev–Trinajstić information content (AvgIpc) is 2.51. The van der Waals surface area contributed by atoms with Gasteiger partial charge in [-0.2, -0.15) is 5.26 Å². The molecule has 2 rings (SSSR count). The van der Waals surface area contributed by atoms with Gasteiger partial charge in [-0.15, -0.1) is 0 Å². The van der Waals surface area contributed by atoms with Crippen LogP contribution in [0.1, 0.15) is 24.0 Å². The summed E-state index contributed by atoms with van der Waals surface area (Å²) < 4.78 is 13.1.